The number of terminal acetylenes is 1. The molecular weight excluding hydrogens is 314 g/mol. The number of nitrogens with two attached hydrogens (primary N) is 1. The van der Waals surface area contributed by atoms with Crippen molar-refractivity contribution in [1.82, 2.24) is 4.90 Å². The molecule has 0 spiro atoms. The number of aliphatic imine (C=N–C) groups is 1. The lowest BCUT2D eigenvalue weighted by Crippen LogP contribution is -2.50. The molecule has 8 nitrogen and oxygen atoms in total. The normalized spacial score (nSPS) is 12.3. The molecule has 0 aromatic carbocycles. The Labute approximate surface area is 143 Å². The molecular formula is C16H27N3O5. The van der Waals surface area contributed by atoms with E-state index in [4.69, 9.17) is 26.4 Å². The van der Waals surface area contributed by atoms with Crippen LogP contribution < -0.4 is 5.73 Å². The number of carbonyl (C=O) groups excluding carboxylic acids is 2. The quantitative estimate of drug-likeness (QED) is 0.363. The van der Waals surface area contributed by atoms with Crippen molar-refractivity contribution in [2.45, 2.75) is 52.7 Å². The van der Waals surface area contributed by atoms with Crippen LogP contribution in [-0.4, -0.2) is 54.0 Å². The molecule has 24 heavy (non-hydrogen) atoms. The van der Waals surface area contributed by atoms with Crippen LogP contribution >= 0.6 is 0 Å². The summed E-state index contributed by atoms with van der Waals surface area (Å²) in [5.74, 6) is 1.96. The summed E-state index contributed by atoms with van der Waals surface area (Å²) < 4.78 is 15.4. The molecule has 0 bridgehead atoms. The van der Waals surface area contributed by atoms with Crippen molar-refractivity contribution in [3.05, 3.63) is 0 Å². The van der Waals surface area contributed by atoms with E-state index in [9.17, 15) is 9.59 Å². The Balaban J connectivity index is 5.17. The number of hydrogen-bond acceptors (Lipinski definition) is 6. The molecule has 0 saturated carbocycles. The van der Waals surface area contributed by atoms with E-state index in [0.29, 0.717) is 4.90 Å². The Hall–Kier alpha value is -2.27. The molecule has 0 saturated heterocycles. The molecule has 0 aliphatic rings. The van der Waals surface area contributed by atoms with Gasteiger partial charge >= 0.3 is 12.2 Å². The van der Waals surface area contributed by atoms with Crippen molar-refractivity contribution in [2.24, 2.45) is 10.7 Å². The van der Waals surface area contributed by atoms with Gasteiger partial charge in [0.2, 0.25) is 5.96 Å². The smallest absolute Gasteiger partial charge is 0.427 e. The molecule has 0 fully saturated rings. The first kappa shape index (κ1) is 21.7. The Bertz CT molecular complexity index is 481. The summed E-state index contributed by atoms with van der Waals surface area (Å²) in [6.45, 7) is 10.4. The molecule has 0 aliphatic heterocycles. The number of guanidine groups is 1. The van der Waals surface area contributed by atoms with Gasteiger partial charge in [0.1, 0.15) is 17.8 Å². The Morgan fingerprint density at radius 2 is 1.54 bits per heavy atom. The zero-order valence-corrected chi connectivity index (χ0v) is 15.2. The van der Waals surface area contributed by atoms with Crippen LogP contribution in [0, 0.1) is 12.3 Å². The van der Waals surface area contributed by atoms with Crippen LogP contribution in [0.4, 0.5) is 9.59 Å². The maximum Gasteiger partial charge on any atom is 0.427 e. The van der Waals surface area contributed by atoms with Crippen LogP contribution in [0.5, 0.6) is 0 Å². The van der Waals surface area contributed by atoms with Gasteiger partial charge in [0.25, 0.3) is 0 Å². The van der Waals surface area contributed by atoms with Gasteiger partial charge in [0.15, 0.2) is 0 Å². The molecule has 0 aromatic heterocycles. The molecule has 0 aliphatic carbocycles. The summed E-state index contributed by atoms with van der Waals surface area (Å²) in [7, 11) is 0. The minimum Gasteiger partial charge on any atom is -0.443 e. The predicted octanol–water partition coefficient (Wildman–Crippen LogP) is 2.12. The summed E-state index contributed by atoms with van der Waals surface area (Å²) in [6, 6.07) is 0. The highest BCUT2D eigenvalue weighted by Crippen LogP contribution is 2.14. The number of hydrogen-bond donors (Lipinski definition) is 1. The van der Waals surface area contributed by atoms with Gasteiger partial charge in [0, 0.05) is 0 Å². The SMILES string of the molecule is C#CCOCCN=C(N)N(C(=O)OC(C)(C)C)C(=O)OC(C)(C)C. The topological polar surface area (TPSA) is 103 Å². The number of carbonyl (C=O) groups is 2. The predicted molar refractivity (Wildman–Crippen MR) is 90.4 cm³/mol. The summed E-state index contributed by atoms with van der Waals surface area (Å²) in [6.07, 6.45) is 3.11. The molecule has 8 heteroatoms. The fraction of sp³-hybridized carbons (Fsp3) is 0.688. The van der Waals surface area contributed by atoms with Gasteiger partial charge in [-0.25, -0.2) is 14.6 Å². The molecule has 0 rings (SSSR count). The number of rotatable bonds is 4. The number of ether oxygens (including phenoxy) is 3. The Morgan fingerprint density at radius 1 is 1.08 bits per heavy atom. The highest BCUT2D eigenvalue weighted by molar-refractivity contribution is 6.07. The van der Waals surface area contributed by atoms with E-state index in [2.05, 4.69) is 10.9 Å². The van der Waals surface area contributed by atoms with Gasteiger partial charge in [-0.1, -0.05) is 5.92 Å². The first-order valence-electron chi connectivity index (χ1n) is 7.44. The second-order valence-electron chi connectivity index (χ2n) is 6.79. The van der Waals surface area contributed by atoms with E-state index in [0.717, 1.165) is 0 Å². The number of imide groups is 1. The minimum absolute atomic E-state index is 0.121. The molecule has 0 unspecified atom stereocenters. The van der Waals surface area contributed by atoms with Crippen LogP contribution in [0.2, 0.25) is 0 Å². The first-order valence-corrected chi connectivity index (χ1v) is 7.44. The van der Waals surface area contributed by atoms with Crippen LogP contribution in [-0.2, 0) is 14.2 Å². The van der Waals surface area contributed by atoms with E-state index in [1.807, 2.05) is 0 Å². The summed E-state index contributed by atoms with van der Waals surface area (Å²) in [5, 5.41) is 0. The molecule has 0 atom stereocenters. The summed E-state index contributed by atoms with van der Waals surface area (Å²) >= 11 is 0. The average Bonchev–Trinajstić information content (AvgIpc) is 2.34. The molecule has 0 heterocycles. The van der Waals surface area contributed by atoms with Crippen LogP contribution in [0.25, 0.3) is 0 Å². The van der Waals surface area contributed by atoms with Crippen LogP contribution in [0.1, 0.15) is 41.5 Å². The van der Waals surface area contributed by atoms with Gasteiger partial charge in [-0.05, 0) is 41.5 Å². The van der Waals surface area contributed by atoms with E-state index in [1.54, 1.807) is 41.5 Å². The lowest BCUT2D eigenvalue weighted by atomic mass is 10.2. The van der Waals surface area contributed by atoms with Crippen molar-refractivity contribution in [2.75, 3.05) is 19.8 Å². The van der Waals surface area contributed by atoms with Gasteiger partial charge in [-0.3, -0.25) is 0 Å². The van der Waals surface area contributed by atoms with Crippen molar-refractivity contribution < 1.29 is 23.8 Å². The Kier molecular flexibility index (Phi) is 8.27. The van der Waals surface area contributed by atoms with E-state index < -0.39 is 23.4 Å². The minimum atomic E-state index is -0.970. The first-order chi connectivity index (χ1) is 10.9. The van der Waals surface area contributed by atoms with E-state index >= 15 is 0 Å². The van der Waals surface area contributed by atoms with Gasteiger partial charge in [0.05, 0.1) is 13.2 Å². The van der Waals surface area contributed by atoms with Gasteiger partial charge in [-0.15, -0.1) is 11.3 Å². The van der Waals surface area contributed by atoms with Gasteiger partial charge in [-0.2, -0.15) is 0 Å². The van der Waals surface area contributed by atoms with Crippen molar-refractivity contribution >= 4 is 18.1 Å². The fourth-order valence-electron chi connectivity index (χ4n) is 1.30. The van der Waals surface area contributed by atoms with Crippen molar-refractivity contribution in [3.8, 4) is 12.3 Å². The maximum atomic E-state index is 12.2. The second kappa shape index (κ2) is 9.13. The maximum absolute atomic E-state index is 12.2. The molecule has 2 N–H and O–H groups in total. The Morgan fingerprint density at radius 3 is 1.92 bits per heavy atom. The van der Waals surface area contributed by atoms with Gasteiger partial charge < -0.3 is 19.9 Å². The summed E-state index contributed by atoms with van der Waals surface area (Å²) in [4.78, 5) is 29.0. The molecule has 2 amide bonds. The molecule has 0 radical (unpaired) electrons. The van der Waals surface area contributed by atoms with Crippen LogP contribution in [0.3, 0.4) is 0 Å². The molecule has 136 valence electrons. The largest absolute Gasteiger partial charge is 0.443 e. The van der Waals surface area contributed by atoms with E-state index in [-0.39, 0.29) is 25.7 Å². The fourth-order valence-corrected chi connectivity index (χ4v) is 1.30. The highest BCUT2D eigenvalue weighted by Gasteiger charge is 2.33. The van der Waals surface area contributed by atoms with Crippen LogP contribution in [0.15, 0.2) is 4.99 Å². The third kappa shape index (κ3) is 9.69. The second-order valence-corrected chi connectivity index (χ2v) is 6.79. The monoisotopic (exact) mass is 341 g/mol. The van der Waals surface area contributed by atoms with E-state index in [1.165, 1.54) is 0 Å². The van der Waals surface area contributed by atoms with Crippen molar-refractivity contribution in [3.63, 3.8) is 0 Å². The average molecular weight is 341 g/mol. The number of amides is 2. The summed E-state index contributed by atoms with van der Waals surface area (Å²) in [5.41, 5.74) is 4.13. The zero-order valence-electron chi connectivity index (χ0n) is 15.2. The lowest BCUT2D eigenvalue weighted by Gasteiger charge is -2.27. The third-order valence-electron chi connectivity index (χ3n) is 2.08. The number of nitrogens with zero attached hydrogens (tertiary/aromatic N) is 2. The molecule has 0 aromatic rings. The van der Waals surface area contributed by atoms with Crippen molar-refractivity contribution in [1.29, 1.82) is 0 Å². The zero-order chi connectivity index (χ0) is 19.0. The lowest BCUT2D eigenvalue weighted by molar-refractivity contribution is 0.0144. The third-order valence-corrected chi connectivity index (χ3v) is 2.08. The highest BCUT2D eigenvalue weighted by atomic mass is 16.6. The standard InChI is InChI=1S/C16H27N3O5/c1-8-10-22-11-9-18-12(17)19(13(20)23-15(2,3)4)14(21)24-16(5,6)7/h1H,9-11H2,2-7H3,(H2,17,18).